The lowest BCUT2D eigenvalue weighted by Crippen LogP contribution is -2.53. The van der Waals surface area contributed by atoms with Gasteiger partial charge >= 0.3 is 35.9 Å². The van der Waals surface area contributed by atoms with E-state index >= 15 is 0 Å². The average molecular weight is 1420 g/mol. The number of nitrogens with zero attached hydrogens (tertiary/aromatic N) is 1. The van der Waals surface area contributed by atoms with Gasteiger partial charge in [-0.1, -0.05) is 66.7 Å². The van der Waals surface area contributed by atoms with Crippen molar-refractivity contribution in [3.8, 4) is 28.2 Å². The number of aromatic hydroxyl groups is 1. The number of hydrogen-bond acceptors (Lipinski definition) is 19. The fraction of sp³-hybridized carbons (Fsp3) is 0.348. The first-order valence-electron chi connectivity index (χ1n) is 31.6. The first-order valence-corrected chi connectivity index (χ1v) is 32.7. The van der Waals surface area contributed by atoms with Gasteiger partial charge in [0, 0.05) is 98.4 Å². The molecule has 1 unspecified atom stereocenters. The second-order valence-corrected chi connectivity index (χ2v) is 25.1. The van der Waals surface area contributed by atoms with Crippen LogP contribution in [-0.2, 0) is 70.4 Å². The van der Waals surface area contributed by atoms with Gasteiger partial charge in [-0.2, -0.15) is 0 Å². The van der Waals surface area contributed by atoms with Crippen molar-refractivity contribution in [2.75, 3.05) is 23.7 Å². The molecule has 2 aliphatic heterocycles. The lowest BCUT2D eigenvalue weighted by atomic mass is 9.89. The number of fused-ring (bicyclic) bond motifs is 2. The maximum Gasteiger partial charge on any atom is 0.336 e. The second-order valence-electron chi connectivity index (χ2n) is 23.8. The highest BCUT2D eigenvalue weighted by Gasteiger charge is 2.42. The zero-order valence-electron chi connectivity index (χ0n) is 53.8. The number of nitrogens with one attached hydrogen (secondary N) is 5. The first-order chi connectivity index (χ1) is 48.0. The van der Waals surface area contributed by atoms with Crippen LogP contribution in [-0.4, -0.2) is 162 Å². The van der Waals surface area contributed by atoms with Gasteiger partial charge in [-0.05, 0) is 79.5 Å². The van der Waals surface area contributed by atoms with Crippen molar-refractivity contribution in [1.82, 2.24) is 26.6 Å². The van der Waals surface area contributed by atoms with Crippen LogP contribution in [0.15, 0.2) is 112 Å². The molecule has 7 atom stereocenters. The molecule has 3 aliphatic rings. The quantitative estimate of drug-likeness (QED) is 0.0141. The molecule has 1 fully saturated rings. The molecule has 29 nitrogen and oxygen atoms in total. The summed E-state index contributed by atoms with van der Waals surface area (Å²) in [6, 6.07) is 16.4. The molecule has 7 rings (SSSR count). The smallest absolute Gasteiger partial charge is 0.336 e. The molecule has 2 heterocycles. The number of halogens is 2. The topological polar surface area (TPSA) is 480 Å². The second kappa shape index (κ2) is 36.0. The van der Waals surface area contributed by atoms with Gasteiger partial charge in [0.2, 0.25) is 35.0 Å². The number of phenolic OH excluding ortho intramolecular Hbond substituents is 1. The van der Waals surface area contributed by atoms with Gasteiger partial charge in [0.25, 0.3) is 0 Å². The van der Waals surface area contributed by atoms with E-state index in [1.165, 1.54) is 0 Å². The summed E-state index contributed by atoms with van der Waals surface area (Å²) < 4.78 is 35.3. The van der Waals surface area contributed by atoms with Crippen LogP contribution >= 0.6 is 11.8 Å². The molecule has 0 spiro atoms. The summed E-state index contributed by atoms with van der Waals surface area (Å²) in [6.07, 6.45) is -3.42. The third-order valence-corrected chi connectivity index (χ3v) is 17.7. The molecule has 4 aromatic carbocycles. The Morgan fingerprint density at radius 1 is 0.624 bits per heavy atom. The molecule has 1 aliphatic carbocycles. The van der Waals surface area contributed by atoms with E-state index in [-0.39, 0.29) is 116 Å². The zero-order chi connectivity index (χ0) is 73.8. The maximum atomic E-state index is 14.9. The van der Waals surface area contributed by atoms with Crippen molar-refractivity contribution in [1.29, 1.82) is 0 Å². The number of nitrogens with two attached hydrogens (primary N) is 1. The molecule has 534 valence electrons. The number of phenols is 1. The van der Waals surface area contributed by atoms with Crippen molar-refractivity contribution in [2.45, 2.75) is 119 Å². The van der Waals surface area contributed by atoms with Crippen molar-refractivity contribution in [3.05, 3.63) is 142 Å². The summed E-state index contributed by atoms with van der Waals surface area (Å²) in [4.78, 5) is 195. The summed E-state index contributed by atoms with van der Waals surface area (Å²) in [7, 11) is 0. The van der Waals surface area contributed by atoms with Crippen molar-refractivity contribution in [3.63, 3.8) is 0 Å². The molecule has 13 N–H and O–H groups in total. The number of rotatable bonds is 39. The number of carboxylic acid groups (broad SMARTS) is 5. The largest absolute Gasteiger partial charge is 0.505 e. The number of hydrogen-bond donors (Lipinski definition) is 12. The highest BCUT2D eigenvalue weighted by Crippen LogP contribution is 2.44. The van der Waals surface area contributed by atoms with E-state index in [0.29, 0.717) is 27.8 Å². The molecule has 0 aromatic heterocycles. The van der Waals surface area contributed by atoms with Gasteiger partial charge in [0.1, 0.15) is 29.2 Å². The van der Waals surface area contributed by atoms with E-state index in [1.54, 1.807) is 60.7 Å². The highest BCUT2D eigenvalue weighted by atomic mass is 32.2. The summed E-state index contributed by atoms with van der Waals surface area (Å²) >= 11 is 0.633. The average Bonchev–Trinajstić information content (AvgIpc) is 1.35. The number of Topliss-reactive ketones (excluding diaryl/α,β-unsaturated/α-hetero) is 3. The number of benzene rings is 5. The van der Waals surface area contributed by atoms with Crippen molar-refractivity contribution < 1.29 is 111 Å². The number of carboxylic acids is 5. The molecule has 0 bridgehead atoms. The minimum Gasteiger partial charge on any atom is -0.505 e. The van der Waals surface area contributed by atoms with Crippen LogP contribution in [0.25, 0.3) is 33.4 Å². The number of aromatic carboxylic acids is 1. The number of carbonyl (C=O) groups is 14. The number of amides is 7. The molecule has 0 saturated carbocycles. The number of aliphatic carboxylic acids is 4. The summed E-state index contributed by atoms with van der Waals surface area (Å²) in [5, 5.41) is 69.5. The monoisotopic (exact) mass is 1420 g/mol. The van der Waals surface area contributed by atoms with Gasteiger partial charge < -0.3 is 67.4 Å². The normalized spacial score (nSPS) is 14.6. The van der Waals surface area contributed by atoms with Crippen LogP contribution in [0.5, 0.6) is 5.75 Å². The predicted octanol–water partition coefficient (Wildman–Crippen LogP) is 4.75. The van der Waals surface area contributed by atoms with Crippen LogP contribution < -0.4 is 42.6 Å². The Morgan fingerprint density at radius 2 is 1.28 bits per heavy atom. The Morgan fingerprint density at radius 3 is 1.92 bits per heavy atom. The van der Waals surface area contributed by atoms with Crippen LogP contribution in [0.2, 0.25) is 0 Å². The lowest BCUT2D eigenvalue weighted by molar-refractivity contribution is -0.144. The molecule has 4 aromatic rings. The Bertz CT molecular complexity index is 4200. The number of urea groups is 1. The Balaban J connectivity index is 0.948. The number of anilines is 1. The maximum absolute atomic E-state index is 14.9. The van der Waals surface area contributed by atoms with E-state index < -0.39 is 185 Å². The van der Waals surface area contributed by atoms with Crippen LogP contribution in [0, 0.1) is 23.5 Å². The Kier molecular flexibility index (Phi) is 27.5. The van der Waals surface area contributed by atoms with Crippen LogP contribution in [0.3, 0.4) is 0 Å². The first kappa shape index (κ1) is 77.1. The number of carbonyl (C=O) groups excluding carboxylic acids is 9. The standard InChI is InChI=1S/C69H71F2N7O22S/c70-45-27-43-55(30-51(45)80)100-56-31-52(81)46(71)28-44(56)62(43)41-19-17-39(26-42(41)67(95)96)78-59(85)32-57(65(78)92)101-34-38(66(93)94)25-54(83)50(29-61(88)89)76-64(91)47(72)33-74-63(90)37(22-35-10-3-1-4-11-35)24-53(82)49(23-36-12-5-2-6-13-36)75-58(84)15-8-7-14-40(79)18-20-48(68(97)98)77-69(99)73-21-9-16-60(86)87/h1-6,10-13,17,19,26-28,30-31,37-38,47-50,57,80H,7-9,14-16,18,20-25,29,32-34,72H2,(H,74,90)(H,75,84)(H,76,91)(H,86,87)(H,88,89)(H,93,94)(H,95,96)(H,97,98)(H2,73,77,99)/t37-,38+,47+,48+,49+,50+,57?/m1/s1. The number of imide groups is 1. The van der Waals surface area contributed by atoms with Gasteiger partial charge in [0.15, 0.2) is 29.0 Å². The fourth-order valence-electron chi connectivity index (χ4n) is 11.1. The minimum absolute atomic E-state index is 0.00252. The minimum atomic E-state index is -1.90. The van der Waals surface area contributed by atoms with E-state index in [1.807, 2.05) is 0 Å². The van der Waals surface area contributed by atoms with E-state index in [2.05, 4.69) is 26.6 Å². The van der Waals surface area contributed by atoms with E-state index in [4.69, 9.17) is 15.3 Å². The van der Waals surface area contributed by atoms with Crippen molar-refractivity contribution in [2.24, 2.45) is 17.6 Å². The Labute approximate surface area is 576 Å². The molecule has 0 radical (unpaired) electrons. The van der Waals surface area contributed by atoms with Gasteiger partial charge in [-0.15, -0.1) is 11.8 Å². The third-order valence-electron chi connectivity index (χ3n) is 16.3. The summed E-state index contributed by atoms with van der Waals surface area (Å²) in [6.45, 7) is -0.668. The molecule has 1 saturated heterocycles. The Hall–Kier alpha value is -11.3. The highest BCUT2D eigenvalue weighted by molar-refractivity contribution is 8.00. The van der Waals surface area contributed by atoms with Crippen LogP contribution in [0.1, 0.15) is 98.5 Å². The van der Waals surface area contributed by atoms with Crippen LogP contribution in [0.4, 0.5) is 19.3 Å². The summed E-state index contributed by atoms with van der Waals surface area (Å²) in [5.41, 5.74) is 4.61. The van der Waals surface area contributed by atoms with Gasteiger partial charge in [-0.3, -0.25) is 57.5 Å². The molecule has 32 heteroatoms. The molecule has 7 amide bonds. The van der Waals surface area contributed by atoms with Gasteiger partial charge in [0.05, 0.1) is 40.9 Å². The predicted molar refractivity (Wildman–Crippen MR) is 355 cm³/mol. The summed E-state index contributed by atoms with van der Waals surface area (Å²) in [5.74, 6) is -20.7. The SMILES string of the molecule is N[C@@H](CNC(=O)[C@@H](CC(=O)[C@H](Cc1ccccc1)NC(=O)CCCCC(=O)CC[C@H](NC(=O)NCCCC(=O)O)C(=O)O)Cc1ccccc1)C(=O)N[C@@H](CC(=O)O)C(=O)C[C@@H](CSC1CC(=O)N(c2ccc(-c3c4cc(F)c(=O)cc-4oc4cc(O)c(F)cc34)c(C(=O)O)c2)C1=O)C(=O)O. The number of unbranched alkanes of at least 4 members (excludes halogenated alkanes) is 1. The number of thioether (sulfide) groups is 1. The lowest BCUT2D eigenvalue weighted by Gasteiger charge is -2.23. The van der Waals surface area contributed by atoms with E-state index in [9.17, 15) is 106 Å². The fourth-order valence-corrected chi connectivity index (χ4v) is 12.3. The van der Waals surface area contributed by atoms with Crippen molar-refractivity contribution >= 4 is 111 Å². The molecule has 101 heavy (non-hydrogen) atoms. The number of ketones is 3. The molecular formula is C69H71F2N7O22S. The van der Waals surface area contributed by atoms with Gasteiger partial charge in [-0.25, -0.2) is 28.1 Å². The van der Waals surface area contributed by atoms with E-state index in [0.717, 1.165) is 42.5 Å². The zero-order valence-corrected chi connectivity index (χ0v) is 54.6. The molecular weight excluding hydrogens is 1350 g/mol. The third kappa shape index (κ3) is 21.9.